The molecular formula is C14H17N3O2S. The van der Waals surface area contributed by atoms with E-state index in [2.05, 4.69) is 10.3 Å². The van der Waals surface area contributed by atoms with Crippen LogP contribution in [0.15, 0.2) is 29.6 Å². The monoisotopic (exact) mass is 291 g/mol. The number of thiazole rings is 1. The van der Waals surface area contributed by atoms with Crippen LogP contribution in [0, 0.1) is 6.92 Å². The zero-order valence-corrected chi connectivity index (χ0v) is 12.1. The number of ether oxygens (including phenoxy) is 1. The zero-order valence-electron chi connectivity index (χ0n) is 11.3. The van der Waals surface area contributed by atoms with Crippen LogP contribution in [0.25, 0.3) is 0 Å². The molecule has 6 heteroatoms. The van der Waals surface area contributed by atoms with Crippen LogP contribution in [-0.4, -0.2) is 24.0 Å². The molecule has 0 bridgehead atoms. The molecule has 0 aliphatic heterocycles. The summed E-state index contributed by atoms with van der Waals surface area (Å²) in [6.07, 6.45) is 0. The lowest BCUT2D eigenvalue weighted by Gasteiger charge is -2.03. The molecule has 0 unspecified atom stereocenters. The largest absolute Gasteiger partial charge is 0.486 e. The number of nitrogens with two attached hydrogens (primary N) is 1. The second-order valence-electron chi connectivity index (χ2n) is 4.27. The van der Waals surface area contributed by atoms with Gasteiger partial charge < -0.3 is 15.8 Å². The van der Waals surface area contributed by atoms with Crippen LogP contribution in [0.4, 0.5) is 0 Å². The molecule has 0 atom stereocenters. The number of carbonyl (C=O) groups excluding carboxylic acids is 1. The van der Waals surface area contributed by atoms with E-state index in [0.29, 0.717) is 25.4 Å². The van der Waals surface area contributed by atoms with Crippen molar-refractivity contribution in [1.29, 1.82) is 0 Å². The number of nitrogens with zero attached hydrogens (tertiary/aromatic N) is 1. The molecule has 0 aliphatic carbocycles. The van der Waals surface area contributed by atoms with Crippen molar-refractivity contribution in [1.82, 2.24) is 10.3 Å². The van der Waals surface area contributed by atoms with Gasteiger partial charge >= 0.3 is 0 Å². The molecule has 0 spiro atoms. The van der Waals surface area contributed by atoms with E-state index in [4.69, 9.17) is 10.5 Å². The fourth-order valence-corrected chi connectivity index (χ4v) is 2.22. The number of rotatable bonds is 6. The molecule has 0 radical (unpaired) electrons. The highest BCUT2D eigenvalue weighted by molar-refractivity contribution is 7.09. The minimum Gasteiger partial charge on any atom is -0.486 e. The van der Waals surface area contributed by atoms with E-state index < -0.39 is 0 Å². The third kappa shape index (κ3) is 4.04. The number of carbonyl (C=O) groups is 1. The molecule has 0 aliphatic rings. The number of benzene rings is 1. The first-order valence-corrected chi connectivity index (χ1v) is 7.19. The highest BCUT2D eigenvalue weighted by atomic mass is 32.1. The lowest BCUT2D eigenvalue weighted by molar-refractivity contribution is 0.0950. The average Bonchev–Trinajstić information content (AvgIpc) is 2.93. The predicted octanol–water partition coefficient (Wildman–Crippen LogP) is 1.72. The van der Waals surface area contributed by atoms with Gasteiger partial charge in [-0.15, -0.1) is 11.3 Å². The first-order valence-electron chi connectivity index (χ1n) is 6.31. The van der Waals surface area contributed by atoms with Gasteiger partial charge in [-0.3, -0.25) is 4.79 Å². The van der Waals surface area contributed by atoms with E-state index in [9.17, 15) is 4.79 Å². The van der Waals surface area contributed by atoms with Crippen molar-refractivity contribution in [3.63, 3.8) is 0 Å². The first kappa shape index (κ1) is 14.5. The van der Waals surface area contributed by atoms with E-state index in [1.165, 1.54) is 16.9 Å². The number of nitrogens with one attached hydrogen (secondary N) is 1. The topological polar surface area (TPSA) is 77.2 Å². The lowest BCUT2D eigenvalue weighted by Crippen LogP contribution is -2.29. The van der Waals surface area contributed by atoms with Gasteiger partial charge in [0.1, 0.15) is 23.1 Å². The zero-order chi connectivity index (χ0) is 14.4. The van der Waals surface area contributed by atoms with Crippen LogP contribution in [0.3, 0.4) is 0 Å². The predicted molar refractivity (Wildman–Crippen MR) is 79.0 cm³/mol. The average molecular weight is 291 g/mol. The Hall–Kier alpha value is -1.92. The molecule has 2 aromatic rings. The minimum absolute atomic E-state index is 0.201. The molecule has 3 N–H and O–H groups in total. The third-order valence-electron chi connectivity index (χ3n) is 2.60. The van der Waals surface area contributed by atoms with Crippen molar-refractivity contribution in [2.24, 2.45) is 5.73 Å². The third-order valence-corrected chi connectivity index (χ3v) is 3.42. The Morgan fingerprint density at radius 2 is 2.15 bits per heavy atom. The molecule has 0 fully saturated rings. The van der Waals surface area contributed by atoms with Crippen molar-refractivity contribution >= 4 is 17.2 Å². The van der Waals surface area contributed by atoms with Crippen LogP contribution < -0.4 is 15.8 Å². The van der Waals surface area contributed by atoms with Gasteiger partial charge in [-0.2, -0.15) is 0 Å². The smallest absolute Gasteiger partial charge is 0.270 e. The fourth-order valence-electron chi connectivity index (χ4n) is 1.54. The molecule has 0 saturated carbocycles. The number of aromatic nitrogens is 1. The second-order valence-corrected chi connectivity index (χ2v) is 5.22. The first-order chi connectivity index (χ1) is 9.69. The standard InChI is InChI=1S/C14H17N3O2S/c1-10-2-4-11(5-3-10)19-8-13-17-12(9-20-13)14(18)16-7-6-15/h2-5,9H,6-8,15H2,1H3,(H,16,18). The van der Waals surface area contributed by atoms with E-state index >= 15 is 0 Å². The number of aryl methyl sites for hydroxylation is 1. The summed E-state index contributed by atoms with van der Waals surface area (Å²) in [6.45, 7) is 3.25. The lowest BCUT2D eigenvalue weighted by atomic mass is 10.2. The van der Waals surface area contributed by atoms with Gasteiger partial charge in [-0.1, -0.05) is 17.7 Å². The van der Waals surface area contributed by atoms with Gasteiger partial charge in [-0.25, -0.2) is 4.98 Å². The quantitative estimate of drug-likeness (QED) is 0.849. The summed E-state index contributed by atoms with van der Waals surface area (Å²) in [5.41, 5.74) is 6.92. The SMILES string of the molecule is Cc1ccc(OCc2nc(C(=O)NCCN)cs2)cc1. The van der Waals surface area contributed by atoms with Gasteiger partial charge in [0.15, 0.2) is 0 Å². The summed E-state index contributed by atoms with van der Waals surface area (Å²) < 4.78 is 5.62. The van der Waals surface area contributed by atoms with Crippen LogP contribution in [-0.2, 0) is 6.61 Å². The van der Waals surface area contributed by atoms with Gasteiger partial charge in [0, 0.05) is 18.5 Å². The maximum atomic E-state index is 11.7. The van der Waals surface area contributed by atoms with E-state index in [-0.39, 0.29) is 5.91 Å². The Balaban J connectivity index is 1.89. The van der Waals surface area contributed by atoms with Crippen LogP contribution in [0.5, 0.6) is 5.75 Å². The Morgan fingerprint density at radius 3 is 2.85 bits per heavy atom. The van der Waals surface area contributed by atoms with Crippen molar-refractivity contribution in [2.45, 2.75) is 13.5 Å². The normalized spacial score (nSPS) is 10.3. The summed E-state index contributed by atoms with van der Waals surface area (Å²) in [5.74, 6) is 0.591. The molecule has 1 aromatic heterocycles. The number of amides is 1. The maximum absolute atomic E-state index is 11.7. The van der Waals surface area contributed by atoms with Crippen molar-refractivity contribution in [2.75, 3.05) is 13.1 Å². The fraction of sp³-hybridized carbons (Fsp3) is 0.286. The summed E-state index contributed by atoms with van der Waals surface area (Å²) in [6, 6.07) is 7.81. The molecule has 1 amide bonds. The number of hydrogen-bond acceptors (Lipinski definition) is 5. The van der Waals surface area contributed by atoms with Crippen molar-refractivity contribution < 1.29 is 9.53 Å². The molecule has 0 saturated heterocycles. The van der Waals surface area contributed by atoms with Gasteiger partial charge in [0.2, 0.25) is 0 Å². The molecule has 2 rings (SSSR count). The summed E-state index contributed by atoms with van der Waals surface area (Å²) in [5, 5.41) is 5.17. The number of hydrogen-bond donors (Lipinski definition) is 2. The van der Waals surface area contributed by atoms with Gasteiger partial charge in [-0.05, 0) is 19.1 Å². The van der Waals surface area contributed by atoms with Crippen molar-refractivity contribution in [3.05, 3.63) is 45.9 Å². The summed E-state index contributed by atoms with van der Waals surface area (Å²) in [4.78, 5) is 15.9. The highest BCUT2D eigenvalue weighted by Gasteiger charge is 2.10. The van der Waals surface area contributed by atoms with Crippen LogP contribution in [0.2, 0.25) is 0 Å². The minimum atomic E-state index is -0.201. The van der Waals surface area contributed by atoms with Crippen LogP contribution in [0.1, 0.15) is 21.1 Å². The molecule has 5 nitrogen and oxygen atoms in total. The second kappa shape index (κ2) is 7.02. The summed E-state index contributed by atoms with van der Waals surface area (Å²) in [7, 11) is 0. The molecule has 1 aromatic carbocycles. The molecule has 20 heavy (non-hydrogen) atoms. The van der Waals surface area contributed by atoms with E-state index in [1.807, 2.05) is 31.2 Å². The van der Waals surface area contributed by atoms with Crippen molar-refractivity contribution in [3.8, 4) is 5.75 Å². The van der Waals surface area contributed by atoms with Gasteiger partial charge in [0.25, 0.3) is 5.91 Å². The molecule has 1 heterocycles. The van der Waals surface area contributed by atoms with E-state index in [0.717, 1.165) is 10.8 Å². The molecule has 106 valence electrons. The Morgan fingerprint density at radius 1 is 1.40 bits per heavy atom. The van der Waals surface area contributed by atoms with E-state index in [1.54, 1.807) is 5.38 Å². The molecular weight excluding hydrogens is 274 g/mol. The summed E-state index contributed by atoms with van der Waals surface area (Å²) >= 11 is 1.41. The van der Waals surface area contributed by atoms with Crippen LogP contribution >= 0.6 is 11.3 Å². The Labute approximate surface area is 121 Å². The Kier molecular flexibility index (Phi) is 5.09. The highest BCUT2D eigenvalue weighted by Crippen LogP contribution is 2.16. The Bertz CT molecular complexity index is 566. The van der Waals surface area contributed by atoms with Gasteiger partial charge in [0.05, 0.1) is 0 Å². The maximum Gasteiger partial charge on any atom is 0.270 e.